The Kier molecular flexibility index (Phi) is 7.42. The van der Waals surface area contributed by atoms with Crippen molar-refractivity contribution in [1.82, 2.24) is 10.2 Å². The molecule has 0 radical (unpaired) electrons. The first-order valence-electron chi connectivity index (χ1n) is 5.84. The number of nitrogens with zero attached hydrogens (tertiary/aromatic N) is 1. The van der Waals surface area contributed by atoms with Gasteiger partial charge in [0.25, 0.3) is 0 Å². The average Bonchev–Trinajstić information content (AvgIpc) is 2.29. The fraction of sp³-hybridized carbons (Fsp3) is 0.583. The topological polar surface area (TPSA) is 75.7 Å². The number of imide groups is 1. The third-order valence-corrected chi connectivity index (χ3v) is 2.09. The predicted molar refractivity (Wildman–Crippen MR) is 66.8 cm³/mol. The molecule has 0 aliphatic heterocycles. The average molecular weight is 256 g/mol. The van der Waals surface area contributed by atoms with E-state index in [1.54, 1.807) is 13.8 Å². The first-order valence-corrected chi connectivity index (χ1v) is 5.84. The highest BCUT2D eigenvalue weighted by Gasteiger charge is 2.18. The van der Waals surface area contributed by atoms with Crippen LogP contribution in [0.5, 0.6) is 0 Å². The molecule has 0 aromatic heterocycles. The lowest BCUT2D eigenvalue weighted by Gasteiger charge is -2.18. The molecule has 0 aromatic rings. The second-order valence-corrected chi connectivity index (χ2v) is 3.64. The highest BCUT2D eigenvalue weighted by atomic mass is 16.5. The molecule has 0 aromatic carbocycles. The Labute approximate surface area is 107 Å². The molecule has 3 amide bonds. The Balaban J connectivity index is 4.17. The minimum Gasteiger partial charge on any atom is -0.462 e. The SMILES string of the molecule is C=C(C)C(=O)OCCC(=O)N(CC)C(=O)NCC. The summed E-state index contributed by atoms with van der Waals surface area (Å²) in [4.78, 5) is 35.3. The Hall–Kier alpha value is -1.85. The maximum atomic E-state index is 11.7. The van der Waals surface area contributed by atoms with Gasteiger partial charge in [0.05, 0.1) is 6.42 Å². The van der Waals surface area contributed by atoms with Crippen molar-refractivity contribution in [1.29, 1.82) is 0 Å². The summed E-state index contributed by atoms with van der Waals surface area (Å²) in [7, 11) is 0. The molecular weight excluding hydrogens is 236 g/mol. The molecule has 1 N–H and O–H groups in total. The molecule has 6 nitrogen and oxygen atoms in total. The van der Waals surface area contributed by atoms with Gasteiger partial charge in [-0.15, -0.1) is 0 Å². The molecule has 0 rings (SSSR count). The van der Waals surface area contributed by atoms with E-state index < -0.39 is 12.0 Å². The lowest BCUT2D eigenvalue weighted by atomic mass is 10.3. The minimum atomic E-state index is -0.538. The molecule has 0 aliphatic rings. The van der Waals surface area contributed by atoms with Crippen molar-refractivity contribution in [2.24, 2.45) is 0 Å². The Bertz CT molecular complexity index is 339. The van der Waals surface area contributed by atoms with Gasteiger partial charge >= 0.3 is 12.0 Å². The van der Waals surface area contributed by atoms with Gasteiger partial charge in [-0.2, -0.15) is 0 Å². The van der Waals surface area contributed by atoms with Crippen LogP contribution in [0.3, 0.4) is 0 Å². The van der Waals surface area contributed by atoms with E-state index in [1.807, 2.05) is 0 Å². The van der Waals surface area contributed by atoms with Gasteiger partial charge in [0.15, 0.2) is 0 Å². The summed E-state index contributed by atoms with van der Waals surface area (Å²) in [5.74, 6) is -0.915. The van der Waals surface area contributed by atoms with Gasteiger partial charge in [-0.25, -0.2) is 9.59 Å². The van der Waals surface area contributed by atoms with Gasteiger partial charge < -0.3 is 10.1 Å². The lowest BCUT2D eigenvalue weighted by molar-refractivity contribution is -0.140. The summed E-state index contributed by atoms with van der Waals surface area (Å²) in [5.41, 5.74) is 0.276. The van der Waals surface area contributed by atoms with Crippen molar-refractivity contribution in [3.8, 4) is 0 Å². The van der Waals surface area contributed by atoms with Crippen LogP contribution >= 0.6 is 0 Å². The molecule has 0 atom stereocenters. The molecule has 18 heavy (non-hydrogen) atoms. The summed E-state index contributed by atoms with van der Waals surface area (Å²) < 4.78 is 4.79. The second kappa shape index (κ2) is 8.27. The monoisotopic (exact) mass is 256 g/mol. The largest absolute Gasteiger partial charge is 0.462 e. The summed E-state index contributed by atoms with van der Waals surface area (Å²) in [5, 5.41) is 2.54. The van der Waals surface area contributed by atoms with Gasteiger partial charge in [0.1, 0.15) is 6.61 Å². The molecule has 0 unspecified atom stereocenters. The van der Waals surface area contributed by atoms with Crippen molar-refractivity contribution >= 4 is 17.9 Å². The number of ether oxygens (including phenoxy) is 1. The van der Waals surface area contributed by atoms with Gasteiger partial charge in [-0.1, -0.05) is 6.58 Å². The predicted octanol–water partition coefficient (Wildman–Crippen LogP) is 1.07. The highest BCUT2D eigenvalue weighted by Crippen LogP contribution is 1.98. The van der Waals surface area contributed by atoms with Crippen LogP contribution < -0.4 is 5.32 Å². The van der Waals surface area contributed by atoms with Crippen LogP contribution in [0.25, 0.3) is 0 Å². The number of amides is 3. The fourth-order valence-corrected chi connectivity index (χ4v) is 1.17. The van der Waals surface area contributed by atoms with E-state index in [9.17, 15) is 14.4 Å². The zero-order valence-corrected chi connectivity index (χ0v) is 11.1. The molecule has 6 heteroatoms. The number of hydrogen-bond acceptors (Lipinski definition) is 4. The number of carbonyl (C=O) groups excluding carboxylic acids is 3. The Morgan fingerprint density at radius 2 is 1.89 bits per heavy atom. The van der Waals surface area contributed by atoms with Crippen LogP contribution in [0.1, 0.15) is 27.2 Å². The summed E-state index contributed by atoms with van der Waals surface area (Å²) in [6.45, 7) is 9.09. The first-order chi connectivity index (χ1) is 8.43. The van der Waals surface area contributed by atoms with E-state index in [4.69, 9.17) is 4.74 Å². The molecule has 0 aliphatic carbocycles. The van der Waals surface area contributed by atoms with E-state index in [2.05, 4.69) is 11.9 Å². The number of esters is 1. The van der Waals surface area contributed by atoms with Crippen molar-refractivity contribution in [2.45, 2.75) is 27.2 Å². The van der Waals surface area contributed by atoms with Crippen LogP contribution in [-0.2, 0) is 14.3 Å². The van der Waals surface area contributed by atoms with Crippen molar-refractivity contribution < 1.29 is 19.1 Å². The summed E-state index contributed by atoms with van der Waals surface area (Å²) in [6.07, 6.45) is -0.0238. The normalized spacial score (nSPS) is 9.50. The van der Waals surface area contributed by atoms with Crippen LogP contribution in [-0.4, -0.2) is 42.5 Å². The zero-order chi connectivity index (χ0) is 14.1. The van der Waals surface area contributed by atoms with Crippen molar-refractivity contribution in [2.75, 3.05) is 19.7 Å². The Morgan fingerprint density at radius 1 is 1.28 bits per heavy atom. The van der Waals surface area contributed by atoms with Gasteiger partial charge in [-0.05, 0) is 20.8 Å². The molecule has 0 bridgehead atoms. The fourth-order valence-electron chi connectivity index (χ4n) is 1.17. The van der Waals surface area contributed by atoms with Gasteiger partial charge in [-0.3, -0.25) is 9.69 Å². The lowest BCUT2D eigenvalue weighted by Crippen LogP contribution is -2.43. The molecule has 0 saturated heterocycles. The zero-order valence-electron chi connectivity index (χ0n) is 11.1. The standard InChI is InChI=1S/C12H20N2O4/c1-5-13-12(17)14(6-2)10(15)7-8-18-11(16)9(3)4/h3,5-8H2,1-2,4H3,(H,13,17). The van der Waals surface area contributed by atoms with E-state index in [0.29, 0.717) is 6.54 Å². The quantitative estimate of drug-likeness (QED) is 0.570. The van der Waals surface area contributed by atoms with Crippen LogP contribution in [0.15, 0.2) is 12.2 Å². The minimum absolute atomic E-state index is 0.0238. The van der Waals surface area contributed by atoms with E-state index >= 15 is 0 Å². The van der Waals surface area contributed by atoms with E-state index in [1.165, 1.54) is 6.92 Å². The van der Waals surface area contributed by atoms with Crippen LogP contribution in [0.4, 0.5) is 4.79 Å². The number of urea groups is 1. The highest BCUT2D eigenvalue weighted by molar-refractivity contribution is 5.94. The third kappa shape index (κ3) is 5.47. The summed E-state index contributed by atoms with van der Waals surface area (Å²) in [6, 6.07) is -0.434. The molecule has 0 fully saturated rings. The second-order valence-electron chi connectivity index (χ2n) is 3.64. The van der Waals surface area contributed by atoms with Crippen LogP contribution in [0.2, 0.25) is 0 Å². The van der Waals surface area contributed by atoms with Gasteiger partial charge in [0, 0.05) is 18.7 Å². The molecule has 102 valence electrons. The molecule has 0 heterocycles. The van der Waals surface area contributed by atoms with Crippen LogP contribution in [0, 0.1) is 0 Å². The molecule has 0 spiro atoms. The summed E-state index contributed by atoms with van der Waals surface area (Å²) >= 11 is 0. The van der Waals surface area contributed by atoms with E-state index in [-0.39, 0.29) is 31.1 Å². The maximum absolute atomic E-state index is 11.7. The van der Waals surface area contributed by atoms with Crippen molar-refractivity contribution in [3.63, 3.8) is 0 Å². The smallest absolute Gasteiger partial charge is 0.333 e. The number of nitrogens with one attached hydrogen (secondary N) is 1. The number of carbonyl (C=O) groups is 3. The number of rotatable bonds is 6. The third-order valence-electron chi connectivity index (χ3n) is 2.09. The van der Waals surface area contributed by atoms with E-state index in [0.717, 1.165) is 4.90 Å². The molecular formula is C12H20N2O4. The molecule has 0 saturated carbocycles. The first kappa shape index (κ1) is 16.1. The number of hydrogen-bond donors (Lipinski definition) is 1. The Morgan fingerprint density at radius 3 is 2.33 bits per heavy atom. The maximum Gasteiger partial charge on any atom is 0.333 e. The van der Waals surface area contributed by atoms with Crippen molar-refractivity contribution in [3.05, 3.63) is 12.2 Å². The van der Waals surface area contributed by atoms with Gasteiger partial charge in [0.2, 0.25) is 5.91 Å².